The lowest BCUT2D eigenvalue weighted by Gasteiger charge is -2.09. The van der Waals surface area contributed by atoms with Crippen LogP contribution < -0.4 is 10.6 Å². The molecule has 3 N–H and O–H groups in total. The van der Waals surface area contributed by atoms with Crippen molar-refractivity contribution in [3.63, 3.8) is 0 Å². The lowest BCUT2D eigenvalue weighted by Crippen LogP contribution is -2.36. The van der Waals surface area contributed by atoms with Crippen LogP contribution in [0.15, 0.2) is 24.3 Å². The lowest BCUT2D eigenvalue weighted by atomic mass is 10.3. The molecular weight excluding hydrogens is 324 g/mol. The van der Waals surface area contributed by atoms with Gasteiger partial charge in [-0.3, -0.25) is 9.59 Å². The zero-order chi connectivity index (χ0) is 16.9. The number of nitrogens with zero attached hydrogens (tertiary/aromatic N) is 1. The highest BCUT2D eigenvalue weighted by atomic mass is 32.2. The summed E-state index contributed by atoms with van der Waals surface area (Å²) >= 11 is 1.54. The summed E-state index contributed by atoms with van der Waals surface area (Å²) in [7, 11) is 0. The van der Waals surface area contributed by atoms with Crippen LogP contribution in [0.1, 0.15) is 30.8 Å². The van der Waals surface area contributed by atoms with Crippen molar-refractivity contribution in [3.8, 4) is 0 Å². The molecule has 0 spiro atoms. The Morgan fingerprint density at radius 2 is 2.04 bits per heavy atom. The summed E-state index contributed by atoms with van der Waals surface area (Å²) in [6, 6.07) is 7.89. The lowest BCUT2D eigenvalue weighted by molar-refractivity contribution is -0.123. The fourth-order valence-electron chi connectivity index (χ4n) is 2.37. The van der Waals surface area contributed by atoms with Crippen molar-refractivity contribution in [1.82, 2.24) is 20.6 Å². The van der Waals surface area contributed by atoms with Gasteiger partial charge in [0, 0.05) is 19.0 Å². The fourth-order valence-corrected chi connectivity index (χ4v) is 3.15. The molecule has 0 radical (unpaired) electrons. The molecule has 1 fully saturated rings. The predicted octanol–water partition coefficient (Wildman–Crippen LogP) is 2.00. The molecular formula is C17H22N4O2S. The number of carbonyl (C=O) groups is 2. The minimum atomic E-state index is -0.0244. The Morgan fingerprint density at radius 1 is 1.29 bits per heavy atom. The van der Waals surface area contributed by atoms with Gasteiger partial charge in [0.05, 0.1) is 22.0 Å². The molecule has 1 saturated carbocycles. The van der Waals surface area contributed by atoms with Gasteiger partial charge in [-0.2, -0.15) is 0 Å². The Kier molecular flexibility index (Phi) is 5.40. The molecule has 7 heteroatoms. The number of aromatic nitrogens is 2. The van der Waals surface area contributed by atoms with Gasteiger partial charge in [0.2, 0.25) is 11.8 Å². The highest BCUT2D eigenvalue weighted by Gasteiger charge is 2.28. The molecule has 2 aromatic rings. The van der Waals surface area contributed by atoms with Crippen LogP contribution in [0.25, 0.3) is 11.0 Å². The predicted molar refractivity (Wildman–Crippen MR) is 95.7 cm³/mol. The molecule has 24 heavy (non-hydrogen) atoms. The second-order valence-electron chi connectivity index (χ2n) is 6.01. The van der Waals surface area contributed by atoms with E-state index in [1.54, 1.807) is 0 Å². The van der Waals surface area contributed by atoms with Crippen LogP contribution in [0.4, 0.5) is 0 Å². The van der Waals surface area contributed by atoms with Gasteiger partial charge in [-0.05, 0) is 31.9 Å². The van der Waals surface area contributed by atoms with Gasteiger partial charge in [-0.1, -0.05) is 12.1 Å². The van der Waals surface area contributed by atoms with Crippen LogP contribution in [-0.4, -0.2) is 40.6 Å². The zero-order valence-electron chi connectivity index (χ0n) is 13.7. The smallest absolute Gasteiger partial charge is 0.230 e. The first-order chi connectivity index (χ1) is 11.6. The monoisotopic (exact) mass is 346 g/mol. The van der Waals surface area contributed by atoms with Crippen LogP contribution in [-0.2, 0) is 9.59 Å². The van der Waals surface area contributed by atoms with Crippen molar-refractivity contribution in [2.45, 2.75) is 25.0 Å². The topological polar surface area (TPSA) is 86.9 Å². The highest BCUT2D eigenvalue weighted by Crippen LogP contribution is 2.28. The molecule has 1 aliphatic rings. The first kappa shape index (κ1) is 16.8. The molecule has 2 amide bonds. The van der Waals surface area contributed by atoms with Gasteiger partial charge in [0.25, 0.3) is 0 Å². The molecule has 6 nitrogen and oxygen atoms in total. The maximum absolute atomic E-state index is 11.9. The number of H-pyrrole nitrogens is 1. The van der Waals surface area contributed by atoms with E-state index in [0.717, 1.165) is 29.7 Å². The van der Waals surface area contributed by atoms with Crippen LogP contribution >= 0.6 is 11.8 Å². The SMILES string of the molecule is CC(SCC(=O)NCCNC(=O)C1CC1)c1nc2ccccc2[nH]1. The zero-order valence-corrected chi connectivity index (χ0v) is 14.5. The first-order valence-corrected chi connectivity index (χ1v) is 9.29. The first-order valence-electron chi connectivity index (χ1n) is 8.24. The fraction of sp³-hybridized carbons (Fsp3) is 0.471. The number of hydrogen-bond acceptors (Lipinski definition) is 4. The molecule has 0 saturated heterocycles. The summed E-state index contributed by atoms with van der Waals surface area (Å²) in [5.74, 6) is 1.54. The van der Waals surface area contributed by atoms with Crippen molar-refractivity contribution in [3.05, 3.63) is 30.1 Å². The molecule has 1 aromatic heterocycles. The quantitative estimate of drug-likeness (QED) is 0.638. The maximum atomic E-state index is 11.9. The number of benzene rings is 1. The van der Waals surface area contributed by atoms with E-state index in [-0.39, 0.29) is 23.0 Å². The Hall–Kier alpha value is -2.02. The van der Waals surface area contributed by atoms with Gasteiger partial charge in [-0.15, -0.1) is 11.8 Å². The molecule has 128 valence electrons. The van der Waals surface area contributed by atoms with E-state index in [9.17, 15) is 9.59 Å². The van der Waals surface area contributed by atoms with Gasteiger partial charge >= 0.3 is 0 Å². The molecule has 3 rings (SSSR count). The van der Waals surface area contributed by atoms with Crippen molar-refractivity contribution >= 4 is 34.6 Å². The Balaban J connectivity index is 1.36. The number of imidazole rings is 1. The van der Waals surface area contributed by atoms with E-state index in [0.29, 0.717) is 18.8 Å². The number of nitrogens with one attached hydrogen (secondary N) is 3. The van der Waals surface area contributed by atoms with Gasteiger partial charge in [0.15, 0.2) is 0 Å². The summed E-state index contributed by atoms with van der Waals surface area (Å²) in [6.45, 7) is 2.99. The Labute approximate surface area is 145 Å². The molecule has 1 atom stereocenters. The third kappa shape index (κ3) is 4.50. The van der Waals surface area contributed by atoms with E-state index in [2.05, 4.69) is 20.6 Å². The number of para-hydroxylation sites is 2. The Bertz CT molecular complexity index is 693. The maximum Gasteiger partial charge on any atom is 0.230 e. The van der Waals surface area contributed by atoms with Crippen molar-refractivity contribution in [1.29, 1.82) is 0 Å². The third-order valence-electron chi connectivity index (χ3n) is 3.95. The van der Waals surface area contributed by atoms with Gasteiger partial charge < -0.3 is 15.6 Å². The van der Waals surface area contributed by atoms with Crippen LogP contribution in [0.5, 0.6) is 0 Å². The van der Waals surface area contributed by atoms with Crippen molar-refractivity contribution in [2.24, 2.45) is 5.92 Å². The number of fused-ring (bicyclic) bond motifs is 1. The van der Waals surface area contributed by atoms with Gasteiger partial charge in [0.1, 0.15) is 5.82 Å². The van der Waals surface area contributed by atoms with E-state index in [1.807, 2.05) is 31.2 Å². The standard InChI is InChI=1S/C17H22N4O2S/c1-11(16-20-13-4-2-3-5-14(13)21-16)24-10-15(22)18-8-9-19-17(23)12-6-7-12/h2-5,11-12H,6-10H2,1H3,(H,18,22)(H,19,23)(H,20,21). The molecule has 1 unspecified atom stereocenters. The van der Waals surface area contributed by atoms with Crippen LogP contribution in [0.2, 0.25) is 0 Å². The summed E-state index contributed by atoms with van der Waals surface area (Å²) in [5, 5.41) is 5.76. The summed E-state index contributed by atoms with van der Waals surface area (Å²) in [5.41, 5.74) is 1.95. The van der Waals surface area contributed by atoms with Crippen molar-refractivity contribution in [2.75, 3.05) is 18.8 Å². The Morgan fingerprint density at radius 3 is 2.79 bits per heavy atom. The minimum absolute atomic E-state index is 0.0244. The number of carbonyl (C=O) groups excluding carboxylic acids is 2. The molecule has 1 heterocycles. The van der Waals surface area contributed by atoms with Crippen molar-refractivity contribution < 1.29 is 9.59 Å². The molecule has 1 aromatic carbocycles. The number of hydrogen-bond donors (Lipinski definition) is 3. The number of rotatable bonds is 8. The van der Waals surface area contributed by atoms with E-state index >= 15 is 0 Å². The second kappa shape index (κ2) is 7.70. The number of amides is 2. The average molecular weight is 346 g/mol. The summed E-state index contributed by atoms with van der Waals surface area (Å²) in [4.78, 5) is 31.2. The summed E-state index contributed by atoms with van der Waals surface area (Å²) < 4.78 is 0. The number of thioether (sulfide) groups is 1. The second-order valence-corrected chi connectivity index (χ2v) is 7.34. The van der Waals surface area contributed by atoms with Crippen LogP contribution in [0.3, 0.4) is 0 Å². The van der Waals surface area contributed by atoms with E-state index < -0.39 is 0 Å². The van der Waals surface area contributed by atoms with E-state index in [1.165, 1.54) is 11.8 Å². The number of aromatic amines is 1. The largest absolute Gasteiger partial charge is 0.354 e. The molecule has 0 aliphatic heterocycles. The molecule has 1 aliphatic carbocycles. The normalized spacial score (nSPS) is 15.2. The summed E-state index contributed by atoms with van der Waals surface area (Å²) in [6.07, 6.45) is 1.99. The minimum Gasteiger partial charge on any atom is -0.354 e. The highest BCUT2D eigenvalue weighted by molar-refractivity contribution is 8.00. The van der Waals surface area contributed by atoms with E-state index in [4.69, 9.17) is 0 Å². The third-order valence-corrected chi connectivity index (χ3v) is 5.10. The van der Waals surface area contributed by atoms with Crippen LogP contribution in [0, 0.1) is 5.92 Å². The molecule has 0 bridgehead atoms. The average Bonchev–Trinajstić information content (AvgIpc) is 3.35. The van der Waals surface area contributed by atoms with Gasteiger partial charge in [-0.25, -0.2) is 4.98 Å².